The third kappa shape index (κ3) is 3.95. The molecule has 0 radical (unpaired) electrons. The summed E-state index contributed by atoms with van der Waals surface area (Å²) in [7, 11) is 1.50. The zero-order valence-electron chi connectivity index (χ0n) is 14.0. The quantitative estimate of drug-likeness (QED) is 0.761. The third-order valence-electron chi connectivity index (χ3n) is 4.36. The van der Waals surface area contributed by atoms with Crippen molar-refractivity contribution >= 4 is 5.97 Å². The second-order valence-corrected chi connectivity index (χ2v) is 6.55. The third-order valence-corrected chi connectivity index (χ3v) is 4.36. The average Bonchev–Trinajstić information content (AvgIpc) is 2.37. The molecule has 0 amide bonds. The Morgan fingerprint density at radius 3 is 2.50 bits per heavy atom. The Kier molecular flexibility index (Phi) is 6.46. The van der Waals surface area contributed by atoms with Crippen molar-refractivity contribution in [2.24, 2.45) is 0 Å². The molecule has 118 valence electrons. The van der Waals surface area contributed by atoms with Crippen LogP contribution < -0.4 is 5.32 Å². The number of methoxy groups -OCH3 is 1. The first-order chi connectivity index (χ1) is 9.36. The Morgan fingerprint density at radius 1 is 1.40 bits per heavy atom. The van der Waals surface area contributed by atoms with Crippen LogP contribution in [0.25, 0.3) is 0 Å². The monoisotopic (exact) mass is 284 g/mol. The van der Waals surface area contributed by atoms with Crippen LogP contribution in [0.5, 0.6) is 0 Å². The van der Waals surface area contributed by atoms with Gasteiger partial charge in [0.15, 0.2) is 0 Å². The number of carbonyl (C=O) groups excluding carboxylic acids is 1. The summed E-state index contributed by atoms with van der Waals surface area (Å²) in [6.07, 6.45) is 3.97. The van der Waals surface area contributed by atoms with Gasteiger partial charge in [-0.25, -0.2) is 0 Å². The van der Waals surface area contributed by atoms with Gasteiger partial charge in [-0.3, -0.25) is 15.0 Å². The van der Waals surface area contributed by atoms with Crippen LogP contribution in [0.2, 0.25) is 0 Å². The van der Waals surface area contributed by atoms with E-state index in [1.807, 2.05) is 0 Å². The summed E-state index contributed by atoms with van der Waals surface area (Å²) >= 11 is 0. The molecule has 2 atom stereocenters. The van der Waals surface area contributed by atoms with E-state index in [1.54, 1.807) is 0 Å². The molecule has 0 aromatic carbocycles. The molecule has 1 fully saturated rings. The van der Waals surface area contributed by atoms with Crippen molar-refractivity contribution in [1.82, 2.24) is 10.2 Å². The largest absolute Gasteiger partial charge is 0.468 e. The van der Waals surface area contributed by atoms with Crippen LogP contribution in [0.3, 0.4) is 0 Å². The number of carbonyl (C=O) groups is 1. The van der Waals surface area contributed by atoms with Crippen molar-refractivity contribution in [2.75, 3.05) is 13.7 Å². The van der Waals surface area contributed by atoms with E-state index in [0.29, 0.717) is 12.1 Å². The number of esters is 1. The lowest BCUT2D eigenvalue weighted by atomic mass is 9.77. The summed E-state index contributed by atoms with van der Waals surface area (Å²) in [6.45, 7) is 11.9. The zero-order chi connectivity index (χ0) is 15.3. The molecule has 0 bridgehead atoms. The Hall–Kier alpha value is -0.610. The van der Waals surface area contributed by atoms with E-state index < -0.39 is 5.54 Å². The van der Waals surface area contributed by atoms with Gasteiger partial charge in [-0.15, -0.1) is 0 Å². The molecular formula is C16H32N2O2. The molecule has 0 spiro atoms. The highest BCUT2D eigenvalue weighted by Crippen LogP contribution is 2.33. The molecule has 0 aliphatic heterocycles. The Morgan fingerprint density at radius 2 is 2.05 bits per heavy atom. The zero-order valence-corrected chi connectivity index (χ0v) is 14.0. The van der Waals surface area contributed by atoms with E-state index in [0.717, 1.165) is 25.8 Å². The van der Waals surface area contributed by atoms with Crippen molar-refractivity contribution in [3.05, 3.63) is 0 Å². The topological polar surface area (TPSA) is 41.6 Å². The maximum atomic E-state index is 12.3. The molecule has 0 aromatic heterocycles. The van der Waals surface area contributed by atoms with Crippen LogP contribution in [0.1, 0.15) is 60.3 Å². The molecule has 0 heterocycles. The number of hydrogen-bond donors (Lipinski definition) is 1. The molecule has 0 aromatic rings. The summed E-state index contributed by atoms with van der Waals surface area (Å²) in [6, 6.07) is 1.25. The van der Waals surface area contributed by atoms with Gasteiger partial charge in [0.1, 0.15) is 5.54 Å². The lowest BCUT2D eigenvalue weighted by molar-refractivity contribution is -0.151. The van der Waals surface area contributed by atoms with Crippen molar-refractivity contribution in [3.8, 4) is 0 Å². The molecule has 2 unspecified atom stereocenters. The highest BCUT2D eigenvalue weighted by atomic mass is 16.5. The highest BCUT2D eigenvalue weighted by Gasteiger charge is 2.45. The van der Waals surface area contributed by atoms with Crippen LogP contribution in [0, 0.1) is 0 Å². The lowest BCUT2D eigenvalue weighted by Crippen LogP contribution is -2.61. The van der Waals surface area contributed by atoms with Gasteiger partial charge in [0.2, 0.25) is 0 Å². The van der Waals surface area contributed by atoms with Gasteiger partial charge < -0.3 is 4.74 Å². The van der Waals surface area contributed by atoms with Crippen LogP contribution in [0.15, 0.2) is 0 Å². The molecule has 0 saturated heterocycles. The first kappa shape index (κ1) is 17.4. The minimum atomic E-state index is -0.506. The number of ether oxygens (including phenoxy) is 1. The van der Waals surface area contributed by atoms with Crippen LogP contribution >= 0.6 is 0 Å². The molecule has 1 rings (SSSR count). The van der Waals surface area contributed by atoms with E-state index in [4.69, 9.17) is 4.74 Å². The smallest absolute Gasteiger partial charge is 0.326 e. The molecular weight excluding hydrogens is 252 g/mol. The average molecular weight is 284 g/mol. The number of rotatable bonds is 6. The van der Waals surface area contributed by atoms with Crippen LogP contribution in [-0.4, -0.2) is 48.2 Å². The Balaban J connectivity index is 2.93. The maximum Gasteiger partial charge on any atom is 0.326 e. The maximum absolute atomic E-state index is 12.3. The Bertz CT molecular complexity index is 318. The van der Waals surface area contributed by atoms with E-state index in [1.165, 1.54) is 13.5 Å². The number of hydrogen-bond acceptors (Lipinski definition) is 4. The van der Waals surface area contributed by atoms with Gasteiger partial charge >= 0.3 is 5.97 Å². The minimum absolute atomic E-state index is 0.101. The van der Waals surface area contributed by atoms with E-state index >= 15 is 0 Å². The lowest BCUT2D eigenvalue weighted by Gasteiger charge is -2.45. The standard InChI is InChI=1S/C16H32N2O2/c1-7-18(13(4)5)14-9-8-10-16(11-14,15(19)20-6)17-12(2)3/h12-14,17H,7-11H2,1-6H3. The summed E-state index contributed by atoms with van der Waals surface area (Å²) in [5.74, 6) is -0.101. The fourth-order valence-electron chi connectivity index (χ4n) is 3.70. The second kappa shape index (κ2) is 7.41. The molecule has 20 heavy (non-hydrogen) atoms. The first-order valence-electron chi connectivity index (χ1n) is 7.98. The fourth-order valence-corrected chi connectivity index (χ4v) is 3.70. The van der Waals surface area contributed by atoms with Crippen molar-refractivity contribution in [1.29, 1.82) is 0 Å². The molecule has 1 saturated carbocycles. The number of nitrogens with one attached hydrogen (secondary N) is 1. The summed E-state index contributed by atoms with van der Waals surface area (Å²) in [5.41, 5.74) is -0.506. The molecule has 4 heteroatoms. The van der Waals surface area contributed by atoms with Crippen molar-refractivity contribution in [3.63, 3.8) is 0 Å². The van der Waals surface area contributed by atoms with Crippen LogP contribution in [0.4, 0.5) is 0 Å². The van der Waals surface area contributed by atoms with E-state index in [9.17, 15) is 4.79 Å². The fraction of sp³-hybridized carbons (Fsp3) is 0.938. The van der Waals surface area contributed by atoms with Gasteiger partial charge in [-0.1, -0.05) is 6.92 Å². The van der Waals surface area contributed by atoms with Gasteiger partial charge in [-0.2, -0.15) is 0 Å². The summed E-state index contributed by atoms with van der Waals surface area (Å²) in [4.78, 5) is 14.8. The van der Waals surface area contributed by atoms with Crippen molar-refractivity contribution in [2.45, 2.75) is 84.0 Å². The normalized spacial score (nSPS) is 27.4. The van der Waals surface area contributed by atoms with Crippen LogP contribution in [-0.2, 0) is 9.53 Å². The first-order valence-corrected chi connectivity index (χ1v) is 7.98. The molecule has 4 nitrogen and oxygen atoms in total. The van der Waals surface area contributed by atoms with E-state index in [2.05, 4.69) is 44.8 Å². The summed E-state index contributed by atoms with van der Waals surface area (Å²) < 4.78 is 5.10. The summed E-state index contributed by atoms with van der Waals surface area (Å²) in [5, 5.41) is 3.49. The van der Waals surface area contributed by atoms with Gasteiger partial charge in [0.25, 0.3) is 0 Å². The van der Waals surface area contributed by atoms with Gasteiger partial charge in [0.05, 0.1) is 7.11 Å². The Labute approximate surface area is 124 Å². The molecule has 1 aliphatic rings. The minimum Gasteiger partial charge on any atom is -0.468 e. The molecule has 1 N–H and O–H groups in total. The van der Waals surface area contributed by atoms with Gasteiger partial charge in [0, 0.05) is 18.1 Å². The van der Waals surface area contributed by atoms with E-state index in [-0.39, 0.29) is 12.0 Å². The second-order valence-electron chi connectivity index (χ2n) is 6.55. The van der Waals surface area contributed by atoms with Crippen molar-refractivity contribution < 1.29 is 9.53 Å². The molecule has 1 aliphatic carbocycles. The number of nitrogens with zero attached hydrogens (tertiary/aromatic N) is 1. The predicted octanol–water partition coefficient (Wildman–Crippen LogP) is 2.57. The van der Waals surface area contributed by atoms with Gasteiger partial charge in [-0.05, 0) is 59.9 Å². The predicted molar refractivity (Wildman–Crippen MR) is 82.8 cm³/mol. The highest BCUT2D eigenvalue weighted by molar-refractivity contribution is 5.81. The SMILES string of the molecule is CCN(C(C)C)C1CCCC(NC(C)C)(C(=O)OC)C1.